The summed E-state index contributed by atoms with van der Waals surface area (Å²) in [5.41, 5.74) is 8.22. The van der Waals surface area contributed by atoms with E-state index >= 15 is 0 Å². The minimum atomic E-state index is -0.563. The maximum Gasteiger partial charge on any atom is 0.168 e. The second-order valence-electron chi connectivity index (χ2n) is 11.8. The van der Waals surface area contributed by atoms with Gasteiger partial charge in [0.05, 0.1) is 19.3 Å². The lowest BCUT2D eigenvalue weighted by Gasteiger charge is -2.41. The molecule has 44 heavy (non-hydrogen) atoms. The van der Waals surface area contributed by atoms with E-state index < -0.39 is 6.10 Å². The number of aromatic hydroxyl groups is 1. The molecule has 3 aliphatic rings. The Kier molecular flexibility index (Phi) is 8.78. The molecule has 3 unspecified atom stereocenters. The van der Waals surface area contributed by atoms with Gasteiger partial charge in [-0.05, 0) is 74.5 Å². The van der Waals surface area contributed by atoms with Crippen LogP contribution in [-0.4, -0.2) is 48.1 Å². The van der Waals surface area contributed by atoms with Crippen LogP contribution in [0.1, 0.15) is 39.4 Å². The Morgan fingerprint density at radius 2 is 1.55 bits per heavy atom. The molecule has 2 aliphatic heterocycles. The number of nitrogens with zero attached hydrogens (tertiary/aromatic N) is 1. The topological polar surface area (TPSA) is 62.2 Å². The zero-order valence-electron chi connectivity index (χ0n) is 24.9. The van der Waals surface area contributed by atoms with E-state index in [1.54, 1.807) is 31.4 Å². The first-order chi connectivity index (χ1) is 21.0. The number of fused-ring (bicyclic) bond motifs is 9. The van der Waals surface area contributed by atoms with Gasteiger partial charge in [-0.3, -0.25) is 4.90 Å². The van der Waals surface area contributed by atoms with Gasteiger partial charge in [-0.2, -0.15) is 0 Å². The molecule has 5 nitrogen and oxygen atoms in total. The van der Waals surface area contributed by atoms with Gasteiger partial charge in [-0.15, -0.1) is 12.4 Å². The van der Waals surface area contributed by atoms with Crippen molar-refractivity contribution in [1.29, 1.82) is 0 Å². The number of rotatable bonds is 2. The third-order valence-corrected chi connectivity index (χ3v) is 9.93. The van der Waals surface area contributed by atoms with Crippen LogP contribution in [0.2, 0.25) is 5.02 Å². The summed E-state index contributed by atoms with van der Waals surface area (Å²) in [6.45, 7) is 2.32. The Labute approximate surface area is 269 Å². The summed E-state index contributed by atoms with van der Waals surface area (Å²) in [6, 6.07) is 28.0. The third-order valence-electron chi connectivity index (χ3n) is 9.59. The van der Waals surface area contributed by atoms with Crippen LogP contribution in [0.4, 0.5) is 0 Å². The van der Waals surface area contributed by atoms with Crippen LogP contribution in [0.25, 0.3) is 21.5 Å². The van der Waals surface area contributed by atoms with E-state index in [9.17, 15) is 10.2 Å². The maximum atomic E-state index is 10.3. The number of aliphatic hydroxyl groups is 1. The Bertz CT molecular complexity index is 1840. The first-order valence-electron chi connectivity index (χ1n) is 15.0. The second-order valence-corrected chi connectivity index (χ2v) is 12.3. The normalized spacial score (nSPS) is 20.3. The van der Waals surface area contributed by atoms with Crippen molar-refractivity contribution in [2.75, 3.05) is 20.8 Å². The molecule has 0 radical (unpaired) electrons. The summed E-state index contributed by atoms with van der Waals surface area (Å²) in [5, 5.41) is 24.8. The monoisotopic (exact) mass is 629 g/mol. The first-order valence-corrected chi connectivity index (χ1v) is 15.4. The Morgan fingerprint density at radius 3 is 2.32 bits per heavy atom. The Hall–Kier alpha value is -3.32. The fourth-order valence-corrected chi connectivity index (χ4v) is 7.68. The SMILES string of the molecule is COc1c(O)ccc2ccc3c4c(c(Cl)cc3c12)CC(O)C(OC)C4.Cl.c1ccc2c(c1)CC1c3ccccc3CCN1C2. The predicted molar refractivity (Wildman–Crippen MR) is 180 cm³/mol. The highest BCUT2D eigenvalue weighted by molar-refractivity contribution is 6.33. The van der Waals surface area contributed by atoms with Gasteiger partial charge in [0.2, 0.25) is 0 Å². The highest BCUT2D eigenvalue weighted by Crippen LogP contribution is 2.43. The fraction of sp³-hybridized carbons (Fsp3) is 0.297. The first kappa shape index (κ1) is 30.7. The van der Waals surface area contributed by atoms with E-state index in [1.165, 1.54) is 30.5 Å². The molecule has 2 N–H and O–H groups in total. The average molecular weight is 631 g/mol. The molecule has 2 heterocycles. The van der Waals surface area contributed by atoms with Crippen LogP contribution in [0.3, 0.4) is 0 Å². The van der Waals surface area contributed by atoms with Crippen molar-refractivity contribution in [1.82, 2.24) is 4.90 Å². The Morgan fingerprint density at radius 1 is 0.818 bits per heavy atom. The maximum absolute atomic E-state index is 10.3. The number of hydrogen-bond donors (Lipinski definition) is 2. The highest BCUT2D eigenvalue weighted by atomic mass is 35.5. The number of phenolic OH excluding ortho intramolecular Hbond substituents is 1. The number of halogens is 2. The van der Waals surface area contributed by atoms with Gasteiger partial charge in [0.25, 0.3) is 0 Å². The lowest BCUT2D eigenvalue weighted by atomic mass is 9.83. The summed E-state index contributed by atoms with van der Waals surface area (Å²) in [7, 11) is 3.16. The molecule has 8 rings (SSSR count). The average Bonchev–Trinajstić information content (AvgIpc) is 3.04. The minimum absolute atomic E-state index is 0. The van der Waals surface area contributed by atoms with Crippen LogP contribution in [0.15, 0.2) is 78.9 Å². The number of phenols is 1. The van der Waals surface area contributed by atoms with Crippen LogP contribution < -0.4 is 4.74 Å². The number of hydrogen-bond acceptors (Lipinski definition) is 5. The zero-order valence-corrected chi connectivity index (χ0v) is 26.5. The summed E-state index contributed by atoms with van der Waals surface area (Å²) in [6.07, 6.45) is 2.62. The predicted octanol–water partition coefficient (Wildman–Crippen LogP) is 7.60. The molecule has 5 aromatic carbocycles. The number of benzene rings is 5. The van der Waals surface area contributed by atoms with Gasteiger partial charge in [0.1, 0.15) is 0 Å². The molecule has 7 heteroatoms. The van der Waals surface area contributed by atoms with Crippen LogP contribution in [0.5, 0.6) is 11.5 Å². The van der Waals surface area contributed by atoms with Crippen molar-refractivity contribution in [3.8, 4) is 11.5 Å². The molecular formula is C37H37Cl2NO4. The van der Waals surface area contributed by atoms with Gasteiger partial charge >= 0.3 is 0 Å². The molecular weight excluding hydrogens is 593 g/mol. The van der Waals surface area contributed by atoms with Gasteiger partial charge < -0.3 is 19.7 Å². The zero-order chi connectivity index (χ0) is 29.7. The minimum Gasteiger partial charge on any atom is -0.504 e. The van der Waals surface area contributed by atoms with Crippen LogP contribution in [0, 0.1) is 0 Å². The molecule has 228 valence electrons. The molecule has 1 aliphatic carbocycles. The van der Waals surface area contributed by atoms with Crippen molar-refractivity contribution in [2.45, 2.75) is 50.5 Å². The van der Waals surface area contributed by atoms with Gasteiger partial charge in [0.15, 0.2) is 11.5 Å². The number of methoxy groups -OCH3 is 2. The van der Waals surface area contributed by atoms with Crippen LogP contribution in [-0.2, 0) is 37.0 Å². The van der Waals surface area contributed by atoms with E-state index in [-0.39, 0.29) is 24.3 Å². The van der Waals surface area contributed by atoms with E-state index in [2.05, 4.69) is 59.5 Å². The summed E-state index contributed by atoms with van der Waals surface area (Å²) < 4.78 is 10.9. The molecule has 5 aromatic rings. The van der Waals surface area contributed by atoms with Gasteiger partial charge in [0, 0.05) is 49.5 Å². The third kappa shape index (κ3) is 5.31. The summed E-state index contributed by atoms with van der Waals surface area (Å²) >= 11 is 6.56. The summed E-state index contributed by atoms with van der Waals surface area (Å²) in [5.74, 6) is 0.541. The molecule has 0 fully saturated rings. The van der Waals surface area contributed by atoms with E-state index in [0.717, 1.165) is 39.2 Å². The van der Waals surface area contributed by atoms with E-state index in [1.807, 2.05) is 18.2 Å². The molecule has 0 saturated heterocycles. The number of ether oxygens (including phenoxy) is 2. The molecule has 0 bridgehead atoms. The van der Waals surface area contributed by atoms with Crippen molar-refractivity contribution in [3.05, 3.63) is 117 Å². The van der Waals surface area contributed by atoms with Crippen molar-refractivity contribution in [2.24, 2.45) is 0 Å². The lowest BCUT2D eigenvalue weighted by molar-refractivity contribution is -0.0158. The largest absolute Gasteiger partial charge is 0.504 e. The second kappa shape index (κ2) is 12.6. The standard InChI is InChI=1S/C20H19ClO4.C17H17N.ClH/c1-24-18-9-12-11-5-3-10-4-6-16(22)20(25-2)19(10)14(11)7-15(21)13(12)8-17(18)23;1-2-7-15-12-18-10-9-13-5-3-4-8-16(13)17(18)11-14(15)6-1;/h3-7,17-18,22-23H,8-9H2,1-2H3;1-8,17H,9-12H2;1H. The van der Waals surface area contributed by atoms with Crippen LogP contribution >= 0.6 is 24.0 Å². The smallest absolute Gasteiger partial charge is 0.168 e. The van der Waals surface area contributed by atoms with Gasteiger partial charge in [-0.1, -0.05) is 78.3 Å². The highest BCUT2D eigenvalue weighted by Gasteiger charge is 2.32. The van der Waals surface area contributed by atoms with Crippen molar-refractivity contribution in [3.63, 3.8) is 0 Å². The van der Waals surface area contributed by atoms with E-state index in [4.69, 9.17) is 21.1 Å². The van der Waals surface area contributed by atoms with E-state index in [0.29, 0.717) is 29.7 Å². The number of aliphatic hydroxyl groups excluding tert-OH is 1. The van der Waals surface area contributed by atoms with Gasteiger partial charge in [-0.25, -0.2) is 0 Å². The molecule has 0 amide bonds. The molecule has 0 spiro atoms. The Balaban J connectivity index is 0.000000160. The lowest BCUT2D eigenvalue weighted by Crippen LogP contribution is -2.39. The molecule has 0 aromatic heterocycles. The molecule has 3 atom stereocenters. The van der Waals surface area contributed by atoms with Crippen molar-refractivity contribution < 1.29 is 19.7 Å². The fourth-order valence-electron chi connectivity index (χ4n) is 7.38. The van der Waals surface area contributed by atoms with Crippen molar-refractivity contribution >= 4 is 45.6 Å². The molecule has 0 saturated carbocycles. The summed E-state index contributed by atoms with van der Waals surface area (Å²) in [4.78, 5) is 2.64. The quantitative estimate of drug-likeness (QED) is 0.197.